The molecule has 1 aromatic heterocycles. The SMILES string of the molecule is CCCc1cc(C(=O)N(CC)CC(=O)OCC)cc(Cl)n1. The van der Waals surface area contributed by atoms with Crippen molar-refractivity contribution >= 4 is 23.5 Å². The summed E-state index contributed by atoms with van der Waals surface area (Å²) < 4.78 is 4.88. The van der Waals surface area contributed by atoms with Gasteiger partial charge >= 0.3 is 5.97 Å². The smallest absolute Gasteiger partial charge is 0.325 e. The Morgan fingerprint density at radius 2 is 2.00 bits per heavy atom. The third kappa shape index (κ3) is 5.34. The summed E-state index contributed by atoms with van der Waals surface area (Å²) in [6.45, 7) is 6.23. The summed E-state index contributed by atoms with van der Waals surface area (Å²) in [5.74, 6) is -0.658. The highest BCUT2D eigenvalue weighted by Crippen LogP contribution is 2.14. The van der Waals surface area contributed by atoms with Gasteiger partial charge in [0, 0.05) is 17.8 Å². The lowest BCUT2D eigenvalue weighted by Gasteiger charge is -2.20. The zero-order chi connectivity index (χ0) is 15.8. The fourth-order valence-corrected chi connectivity index (χ4v) is 2.16. The Kier molecular flexibility index (Phi) is 7.15. The van der Waals surface area contributed by atoms with Gasteiger partial charge in [-0.2, -0.15) is 0 Å². The topological polar surface area (TPSA) is 59.5 Å². The fourth-order valence-electron chi connectivity index (χ4n) is 1.93. The van der Waals surface area contributed by atoms with Gasteiger partial charge in [-0.1, -0.05) is 24.9 Å². The molecule has 0 spiro atoms. The molecule has 0 aliphatic carbocycles. The quantitative estimate of drug-likeness (QED) is 0.574. The molecule has 0 fully saturated rings. The Labute approximate surface area is 130 Å². The predicted molar refractivity (Wildman–Crippen MR) is 81.5 cm³/mol. The Balaban J connectivity index is 2.91. The zero-order valence-electron chi connectivity index (χ0n) is 12.7. The second-order valence-corrected chi connectivity index (χ2v) is 4.93. The predicted octanol–water partition coefficient (Wildman–Crippen LogP) is 2.71. The summed E-state index contributed by atoms with van der Waals surface area (Å²) in [5, 5.41) is 0.288. The molecule has 1 amide bonds. The van der Waals surface area contributed by atoms with Crippen LogP contribution >= 0.6 is 11.6 Å². The van der Waals surface area contributed by atoms with Crippen molar-refractivity contribution in [2.75, 3.05) is 19.7 Å². The molecular weight excluding hydrogens is 292 g/mol. The monoisotopic (exact) mass is 312 g/mol. The molecule has 0 radical (unpaired) electrons. The minimum Gasteiger partial charge on any atom is -0.465 e. The summed E-state index contributed by atoms with van der Waals surface area (Å²) in [6.07, 6.45) is 1.67. The van der Waals surface area contributed by atoms with Crippen LogP contribution < -0.4 is 0 Å². The van der Waals surface area contributed by atoms with Crippen molar-refractivity contribution in [3.05, 3.63) is 28.5 Å². The van der Waals surface area contributed by atoms with Crippen molar-refractivity contribution in [1.82, 2.24) is 9.88 Å². The maximum Gasteiger partial charge on any atom is 0.325 e. The number of hydrogen-bond acceptors (Lipinski definition) is 4. The van der Waals surface area contributed by atoms with Crippen LogP contribution in [0, 0.1) is 0 Å². The van der Waals surface area contributed by atoms with Gasteiger partial charge in [0.2, 0.25) is 0 Å². The van der Waals surface area contributed by atoms with E-state index in [4.69, 9.17) is 16.3 Å². The third-order valence-electron chi connectivity index (χ3n) is 2.89. The number of pyridine rings is 1. The summed E-state index contributed by atoms with van der Waals surface area (Å²) >= 11 is 5.96. The number of carbonyl (C=O) groups excluding carboxylic acids is 2. The number of aromatic nitrogens is 1. The molecule has 0 saturated heterocycles. The van der Waals surface area contributed by atoms with E-state index in [1.165, 1.54) is 11.0 Å². The first-order chi connectivity index (χ1) is 10.0. The van der Waals surface area contributed by atoms with Crippen LogP contribution in [0.3, 0.4) is 0 Å². The first-order valence-corrected chi connectivity index (χ1v) is 7.50. The lowest BCUT2D eigenvalue weighted by molar-refractivity contribution is -0.143. The van der Waals surface area contributed by atoms with Crippen molar-refractivity contribution in [3.63, 3.8) is 0 Å². The molecule has 1 aromatic rings. The summed E-state index contributed by atoms with van der Waals surface area (Å²) in [4.78, 5) is 29.6. The highest BCUT2D eigenvalue weighted by atomic mass is 35.5. The molecule has 5 nitrogen and oxygen atoms in total. The van der Waals surface area contributed by atoms with E-state index in [1.54, 1.807) is 13.0 Å². The zero-order valence-corrected chi connectivity index (χ0v) is 13.4. The van der Waals surface area contributed by atoms with Gasteiger partial charge in [0.15, 0.2) is 0 Å². The number of hydrogen-bond donors (Lipinski definition) is 0. The Morgan fingerprint density at radius 3 is 2.57 bits per heavy atom. The number of halogens is 1. The molecule has 116 valence electrons. The first kappa shape index (κ1) is 17.4. The lowest BCUT2D eigenvalue weighted by Crippen LogP contribution is -2.36. The molecule has 6 heteroatoms. The van der Waals surface area contributed by atoms with Crippen LogP contribution in [0.25, 0.3) is 0 Å². The molecule has 0 aliphatic rings. The largest absolute Gasteiger partial charge is 0.465 e. The number of likely N-dealkylation sites (N-methyl/N-ethyl adjacent to an activating group) is 1. The van der Waals surface area contributed by atoms with Crippen molar-refractivity contribution in [1.29, 1.82) is 0 Å². The molecule has 1 heterocycles. The van der Waals surface area contributed by atoms with Crippen molar-refractivity contribution in [2.24, 2.45) is 0 Å². The van der Waals surface area contributed by atoms with Gasteiger partial charge in [0.1, 0.15) is 11.7 Å². The molecule has 0 atom stereocenters. The van der Waals surface area contributed by atoms with Crippen LogP contribution in [0.2, 0.25) is 5.15 Å². The molecule has 0 bridgehead atoms. The first-order valence-electron chi connectivity index (χ1n) is 7.13. The number of amides is 1. The lowest BCUT2D eigenvalue weighted by atomic mass is 10.1. The van der Waals surface area contributed by atoms with Gasteiger partial charge in [0.25, 0.3) is 5.91 Å². The maximum absolute atomic E-state index is 12.5. The van der Waals surface area contributed by atoms with Gasteiger partial charge in [-0.25, -0.2) is 4.98 Å². The average molecular weight is 313 g/mol. The molecular formula is C15H21ClN2O3. The van der Waals surface area contributed by atoms with E-state index in [2.05, 4.69) is 4.98 Å². The normalized spacial score (nSPS) is 10.3. The number of carbonyl (C=O) groups is 2. The maximum atomic E-state index is 12.5. The average Bonchev–Trinajstić information content (AvgIpc) is 2.44. The molecule has 0 saturated carbocycles. The number of rotatable bonds is 7. The fraction of sp³-hybridized carbons (Fsp3) is 0.533. The number of nitrogens with zero attached hydrogens (tertiary/aromatic N) is 2. The van der Waals surface area contributed by atoms with E-state index in [0.29, 0.717) is 18.7 Å². The Morgan fingerprint density at radius 1 is 1.29 bits per heavy atom. The van der Waals surface area contributed by atoms with Crippen LogP contribution in [0.5, 0.6) is 0 Å². The van der Waals surface area contributed by atoms with Gasteiger partial charge in [-0.15, -0.1) is 0 Å². The standard InChI is InChI=1S/C15H21ClN2O3/c1-4-7-12-8-11(9-13(16)17-12)15(20)18(5-2)10-14(19)21-6-3/h8-9H,4-7,10H2,1-3H3. The van der Waals surface area contributed by atoms with E-state index < -0.39 is 5.97 Å². The number of ether oxygens (including phenoxy) is 1. The molecule has 0 aliphatic heterocycles. The molecule has 21 heavy (non-hydrogen) atoms. The second-order valence-electron chi connectivity index (χ2n) is 4.54. The van der Waals surface area contributed by atoms with Crippen LogP contribution in [0.1, 0.15) is 43.2 Å². The molecule has 0 aromatic carbocycles. The van der Waals surface area contributed by atoms with Crippen LogP contribution in [0.15, 0.2) is 12.1 Å². The minimum absolute atomic E-state index is 0.0633. The molecule has 1 rings (SSSR count). The van der Waals surface area contributed by atoms with E-state index >= 15 is 0 Å². The van der Waals surface area contributed by atoms with Gasteiger partial charge in [-0.3, -0.25) is 9.59 Å². The second kappa shape index (κ2) is 8.62. The minimum atomic E-state index is -0.415. The Bertz CT molecular complexity index is 506. The highest BCUT2D eigenvalue weighted by Gasteiger charge is 2.19. The number of esters is 1. The van der Waals surface area contributed by atoms with Crippen LogP contribution in [-0.2, 0) is 16.0 Å². The summed E-state index contributed by atoms with van der Waals surface area (Å²) in [6, 6.07) is 3.25. The van der Waals surface area contributed by atoms with Crippen LogP contribution in [0.4, 0.5) is 0 Å². The molecule has 0 unspecified atom stereocenters. The van der Waals surface area contributed by atoms with E-state index in [9.17, 15) is 9.59 Å². The third-order valence-corrected chi connectivity index (χ3v) is 3.09. The van der Waals surface area contributed by atoms with Crippen molar-refractivity contribution in [2.45, 2.75) is 33.6 Å². The highest BCUT2D eigenvalue weighted by molar-refractivity contribution is 6.29. The van der Waals surface area contributed by atoms with Gasteiger partial charge < -0.3 is 9.64 Å². The van der Waals surface area contributed by atoms with Crippen molar-refractivity contribution in [3.8, 4) is 0 Å². The van der Waals surface area contributed by atoms with Gasteiger partial charge in [0.05, 0.1) is 6.61 Å². The number of aryl methyl sites for hydroxylation is 1. The summed E-state index contributed by atoms with van der Waals surface area (Å²) in [5.41, 5.74) is 1.23. The van der Waals surface area contributed by atoms with E-state index in [-0.39, 0.29) is 17.6 Å². The van der Waals surface area contributed by atoms with Crippen LogP contribution in [-0.4, -0.2) is 41.5 Å². The van der Waals surface area contributed by atoms with E-state index in [1.807, 2.05) is 13.8 Å². The molecule has 0 N–H and O–H groups in total. The van der Waals surface area contributed by atoms with Gasteiger partial charge in [-0.05, 0) is 32.4 Å². The Hall–Kier alpha value is -1.62. The summed E-state index contributed by atoms with van der Waals surface area (Å²) in [7, 11) is 0. The van der Waals surface area contributed by atoms with E-state index in [0.717, 1.165) is 18.5 Å². The van der Waals surface area contributed by atoms with Crippen molar-refractivity contribution < 1.29 is 14.3 Å².